The molecule has 3 N–H and O–H groups in total. The highest BCUT2D eigenvalue weighted by atomic mass is 16.4. The summed E-state index contributed by atoms with van der Waals surface area (Å²) < 4.78 is 0. The summed E-state index contributed by atoms with van der Waals surface area (Å²) in [5.74, 6) is -3.16. The number of carboxylic acid groups (broad SMARTS) is 3. The molecule has 19 heavy (non-hydrogen) atoms. The second-order valence-corrected chi connectivity index (χ2v) is 3.67. The standard InChI is InChI=1S/C9H8O4.C4H6O2/c1-5-6(8(10)11)3-2-4-7(5)9(12)13;1-3(2)4(5)6/h2-4H,1H3,(H,10,11)(H,12,13);1H2,2H3,(H,5,6). The van der Waals surface area contributed by atoms with Crippen LogP contribution in [0.1, 0.15) is 33.2 Å². The molecule has 0 aliphatic rings. The average molecular weight is 266 g/mol. The lowest BCUT2D eigenvalue weighted by Crippen LogP contribution is -2.06. The lowest BCUT2D eigenvalue weighted by atomic mass is 10.0. The molecule has 0 heterocycles. The largest absolute Gasteiger partial charge is 0.478 e. The van der Waals surface area contributed by atoms with Gasteiger partial charge in [-0.05, 0) is 31.5 Å². The lowest BCUT2D eigenvalue weighted by Gasteiger charge is -2.03. The Morgan fingerprint density at radius 3 is 1.53 bits per heavy atom. The van der Waals surface area contributed by atoms with Crippen LogP contribution in [0.3, 0.4) is 0 Å². The van der Waals surface area contributed by atoms with Crippen LogP contribution in [0.5, 0.6) is 0 Å². The van der Waals surface area contributed by atoms with Crippen molar-refractivity contribution in [2.24, 2.45) is 0 Å². The number of aromatic carboxylic acids is 2. The lowest BCUT2D eigenvalue weighted by molar-refractivity contribution is -0.132. The van der Waals surface area contributed by atoms with Crippen LogP contribution in [0.25, 0.3) is 0 Å². The number of hydrogen-bond donors (Lipinski definition) is 3. The molecule has 0 bridgehead atoms. The highest BCUT2D eigenvalue weighted by Gasteiger charge is 2.13. The minimum atomic E-state index is -1.11. The molecule has 6 nitrogen and oxygen atoms in total. The van der Waals surface area contributed by atoms with E-state index in [-0.39, 0.29) is 22.3 Å². The molecule has 0 atom stereocenters. The Bertz CT molecular complexity index is 486. The predicted octanol–water partition coefficient (Wildman–Crippen LogP) is 2.04. The molecular weight excluding hydrogens is 252 g/mol. The van der Waals surface area contributed by atoms with Gasteiger partial charge in [0.15, 0.2) is 0 Å². The molecule has 0 fully saturated rings. The molecule has 0 aromatic heterocycles. The maximum absolute atomic E-state index is 10.6. The average Bonchev–Trinajstić information content (AvgIpc) is 2.29. The molecule has 0 spiro atoms. The topological polar surface area (TPSA) is 112 Å². The van der Waals surface area contributed by atoms with Gasteiger partial charge in [-0.3, -0.25) is 0 Å². The molecule has 6 heteroatoms. The normalized spacial score (nSPS) is 8.95. The van der Waals surface area contributed by atoms with Crippen molar-refractivity contribution in [3.63, 3.8) is 0 Å². The maximum atomic E-state index is 10.6. The van der Waals surface area contributed by atoms with Crippen molar-refractivity contribution in [3.8, 4) is 0 Å². The zero-order chi connectivity index (χ0) is 15.2. The van der Waals surface area contributed by atoms with Crippen LogP contribution >= 0.6 is 0 Å². The van der Waals surface area contributed by atoms with E-state index in [4.69, 9.17) is 15.3 Å². The van der Waals surface area contributed by atoms with Gasteiger partial charge in [-0.2, -0.15) is 0 Å². The van der Waals surface area contributed by atoms with Crippen molar-refractivity contribution in [2.75, 3.05) is 0 Å². The van der Waals surface area contributed by atoms with Crippen molar-refractivity contribution < 1.29 is 29.7 Å². The van der Waals surface area contributed by atoms with Gasteiger partial charge in [0, 0.05) is 5.57 Å². The van der Waals surface area contributed by atoms with Gasteiger partial charge < -0.3 is 15.3 Å². The molecule has 0 saturated carbocycles. The highest BCUT2D eigenvalue weighted by molar-refractivity contribution is 5.96. The summed E-state index contributed by atoms with van der Waals surface area (Å²) in [4.78, 5) is 30.8. The Morgan fingerprint density at radius 1 is 1.00 bits per heavy atom. The number of hydrogen-bond acceptors (Lipinski definition) is 3. The fraction of sp³-hybridized carbons (Fsp3) is 0.154. The van der Waals surface area contributed by atoms with Gasteiger partial charge in [0.25, 0.3) is 0 Å². The van der Waals surface area contributed by atoms with Crippen molar-refractivity contribution in [1.82, 2.24) is 0 Å². The number of benzene rings is 1. The van der Waals surface area contributed by atoms with E-state index in [2.05, 4.69) is 6.58 Å². The highest BCUT2D eigenvalue weighted by Crippen LogP contribution is 2.13. The first kappa shape index (κ1) is 16.4. The number of rotatable bonds is 3. The van der Waals surface area contributed by atoms with Crippen LogP contribution in [0.4, 0.5) is 0 Å². The molecular formula is C13H14O6. The minimum Gasteiger partial charge on any atom is -0.478 e. The number of carboxylic acids is 3. The van der Waals surface area contributed by atoms with E-state index in [0.29, 0.717) is 0 Å². The SMILES string of the molecule is C=C(C)C(=O)O.Cc1c(C(=O)O)cccc1C(=O)O. The van der Waals surface area contributed by atoms with Crippen LogP contribution in [0, 0.1) is 6.92 Å². The van der Waals surface area contributed by atoms with E-state index in [1.165, 1.54) is 32.0 Å². The second kappa shape index (κ2) is 6.95. The third-order valence-corrected chi connectivity index (χ3v) is 2.16. The van der Waals surface area contributed by atoms with Crippen molar-refractivity contribution in [2.45, 2.75) is 13.8 Å². The Balaban J connectivity index is 0.000000459. The molecule has 0 aliphatic heterocycles. The summed E-state index contributed by atoms with van der Waals surface area (Å²) in [6.45, 7) is 6.08. The fourth-order valence-corrected chi connectivity index (χ4v) is 1.10. The van der Waals surface area contributed by atoms with Gasteiger partial charge in [-0.25, -0.2) is 14.4 Å². The molecule has 102 valence electrons. The third-order valence-electron chi connectivity index (χ3n) is 2.16. The molecule has 1 aromatic carbocycles. The zero-order valence-corrected chi connectivity index (χ0v) is 10.5. The summed E-state index contributed by atoms with van der Waals surface area (Å²) in [5.41, 5.74) is 0.511. The van der Waals surface area contributed by atoms with E-state index in [1.807, 2.05) is 0 Å². The fourth-order valence-electron chi connectivity index (χ4n) is 1.10. The summed E-state index contributed by atoms with van der Waals surface area (Å²) in [6, 6.07) is 4.17. The molecule has 1 aromatic rings. The molecule has 0 saturated heterocycles. The monoisotopic (exact) mass is 266 g/mol. The Hall–Kier alpha value is -2.63. The quantitative estimate of drug-likeness (QED) is 0.722. The van der Waals surface area contributed by atoms with Gasteiger partial charge in [-0.15, -0.1) is 0 Å². The zero-order valence-electron chi connectivity index (χ0n) is 10.5. The van der Waals surface area contributed by atoms with Gasteiger partial charge in [0.2, 0.25) is 0 Å². The van der Waals surface area contributed by atoms with Crippen LogP contribution in [-0.2, 0) is 4.79 Å². The Kier molecular flexibility index (Phi) is 5.99. The second-order valence-electron chi connectivity index (χ2n) is 3.67. The first-order valence-electron chi connectivity index (χ1n) is 5.13. The Labute approximate surface area is 109 Å². The van der Waals surface area contributed by atoms with Crippen LogP contribution < -0.4 is 0 Å². The third kappa shape index (κ3) is 5.03. The molecule has 0 amide bonds. The number of aliphatic carboxylic acids is 1. The molecule has 0 aliphatic carbocycles. The van der Waals surface area contributed by atoms with E-state index in [0.717, 1.165) is 0 Å². The van der Waals surface area contributed by atoms with E-state index in [9.17, 15) is 14.4 Å². The summed E-state index contributed by atoms with van der Waals surface area (Å²) in [6.07, 6.45) is 0. The van der Waals surface area contributed by atoms with Crippen molar-refractivity contribution >= 4 is 17.9 Å². The number of carbonyl (C=O) groups is 3. The van der Waals surface area contributed by atoms with Crippen LogP contribution in [0.15, 0.2) is 30.4 Å². The van der Waals surface area contributed by atoms with Gasteiger partial charge in [0.1, 0.15) is 0 Å². The van der Waals surface area contributed by atoms with Gasteiger partial charge >= 0.3 is 17.9 Å². The van der Waals surface area contributed by atoms with Gasteiger partial charge in [0.05, 0.1) is 11.1 Å². The molecule has 0 unspecified atom stereocenters. The van der Waals surface area contributed by atoms with Crippen LogP contribution in [0.2, 0.25) is 0 Å². The van der Waals surface area contributed by atoms with Crippen molar-refractivity contribution in [3.05, 3.63) is 47.0 Å². The van der Waals surface area contributed by atoms with Crippen molar-refractivity contribution in [1.29, 1.82) is 0 Å². The maximum Gasteiger partial charge on any atom is 0.335 e. The minimum absolute atomic E-state index is 0.0277. The summed E-state index contributed by atoms with van der Waals surface area (Å²) >= 11 is 0. The van der Waals surface area contributed by atoms with E-state index >= 15 is 0 Å². The van der Waals surface area contributed by atoms with E-state index in [1.54, 1.807) is 0 Å². The first-order valence-corrected chi connectivity index (χ1v) is 5.13. The molecule has 1 rings (SSSR count). The Morgan fingerprint density at radius 2 is 1.32 bits per heavy atom. The van der Waals surface area contributed by atoms with Gasteiger partial charge in [-0.1, -0.05) is 12.6 Å². The smallest absolute Gasteiger partial charge is 0.335 e. The summed E-state index contributed by atoms with van der Waals surface area (Å²) in [7, 11) is 0. The predicted molar refractivity (Wildman–Crippen MR) is 67.5 cm³/mol. The van der Waals surface area contributed by atoms with Crippen LogP contribution in [-0.4, -0.2) is 33.2 Å². The summed E-state index contributed by atoms with van der Waals surface area (Å²) in [5, 5.41) is 25.2. The molecule has 0 radical (unpaired) electrons. The first-order chi connectivity index (χ1) is 8.68. The van der Waals surface area contributed by atoms with E-state index < -0.39 is 17.9 Å².